The van der Waals surface area contributed by atoms with Crippen LogP contribution in [-0.2, 0) is 9.53 Å². The van der Waals surface area contributed by atoms with Crippen molar-refractivity contribution in [3.63, 3.8) is 0 Å². The summed E-state index contributed by atoms with van der Waals surface area (Å²) < 4.78 is 15.7. The molecule has 0 amide bonds. The van der Waals surface area contributed by atoms with Gasteiger partial charge in [-0.05, 0) is 29.8 Å². The van der Waals surface area contributed by atoms with Crippen LogP contribution in [0.15, 0.2) is 70.3 Å². The van der Waals surface area contributed by atoms with Crippen molar-refractivity contribution in [2.24, 2.45) is 4.99 Å². The third-order valence-corrected chi connectivity index (χ3v) is 3.82. The van der Waals surface area contributed by atoms with E-state index in [1.165, 1.54) is 6.08 Å². The zero-order valence-corrected chi connectivity index (χ0v) is 15.0. The van der Waals surface area contributed by atoms with Crippen LogP contribution in [0.4, 0.5) is 0 Å². The largest absolute Gasteiger partial charge is 0.497 e. The molecule has 0 radical (unpaired) electrons. The molecule has 0 spiro atoms. The number of benzene rings is 2. The fourth-order valence-electron chi connectivity index (χ4n) is 2.34. The number of hydrogen-bond donors (Lipinski definition) is 0. The van der Waals surface area contributed by atoms with Crippen molar-refractivity contribution in [2.45, 2.75) is 0 Å². The molecule has 1 aliphatic heterocycles. The lowest BCUT2D eigenvalue weighted by molar-refractivity contribution is -0.130. The fourth-order valence-corrected chi connectivity index (χ4v) is 2.57. The summed E-state index contributed by atoms with van der Waals surface area (Å²) in [6, 6.07) is 14.7. The summed E-state index contributed by atoms with van der Waals surface area (Å²) >= 11 is 6.22. The number of cyclic esters (lactones) is 1. The van der Waals surface area contributed by atoms with E-state index in [9.17, 15) is 4.79 Å². The van der Waals surface area contributed by atoms with Crippen LogP contribution in [0.3, 0.4) is 0 Å². The predicted molar refractivity (Wildman–Crippen MR) is 101 cm³/mol. The number of nitrogens with zero attached hydrogens (tertiary/aromatic N) is 1. The minimum absolute atomic E-state index is 0.124. The zero-order valence-electron chi connectivity index (χ0n) is 14.2. The van der Waals surface area contributed by atoms with Gasteiger partial charge in [-0.2, -0.15) is 0 Å². The van der Waals surface area contributed by atoms with E-state index in [0.29, 0.717) is 22.1 Å². The summed E-state index contributed by atoms with van der Waals surface area (Å²) in [5.74, 6) is 0.735. The summed E-state index contributed by atoms with van der Waals surface area (Å²) in [5, 5.41) is 0.372. The summed E-state index contributed by atoms with van der Waals surface area (Å²) in [6.45, 7) is 0. The minimum Gasteiger partial charge on any atom is -0.497 e. The smallest absolute Gasteiger partial charge is 0.363 e. The Labute approximate surface area is 156 Å². The van der Waals surface area contributed by atoms with Crippen LogP contribution in [-0.4, -0.2) is 26.1 Å². The molecule has 5 nitrogen and oxygen atoms in total. The number of hydrogen-bond acceptors (Lipinski definition) is 5. The topological polar surface area (TPSA) is 57.1 Å². The van der Waals surface area contributed by atoms with Crippen LogP contribution >= 0.6 is 11.6 Å². The number of allylic oxidation sites excluding steroid dienone is 2. The van der Waals surface area contributed by atoms with Crippen molar-refractivity contribution in [1.82, 2.24) is 0 Å². The summed E-state index contributed by atoms with van der Waals surface area (Å²) in [4.78, 5) is 16.3. The van der Waals surface area contributed by atoms with Gasteiger partial charge in [-0.3, -0.25) is 0 Å². The summed E-state index contributed by atoms with van der Waals surface area (Å²) in [6.07, 6.45) is 3.21. The Hall–Kier alpha value is -3.05. The van der Waals surface area contributed by atoms with Gasteiger partial charge in [-0.1, -0.05) is 41.9 Å². The molecule has 0 aliphatic carbocycles. The van der Waals surface area contributed by atoms with Crippen LogP contribution in [0, 0.1) is 0 Å². The Morgan fingerprint density at radius 3 is 2.35 bits per heavy atom. The third-order valence-electron chi connectivity index (χ3n) is 3.60. The lowest BCUT2D eigenvalue weighted by Crippen LogP contribution is -2.06. The first kappa shape index (κ1) is 17.8. The van der Waals surface area contributed by atoms with E-state index in [-0.39, 0.29) is 11.6 Å². The molecule has 0 atom stereocenters. The zero-order chi connectivity index (χ0) is 18.5. The van der Waals surface area contributed by atoms with E-state index in [0.717, 1.165) is 5.56 Å². The molecule has 0 bridgehead atoms. The molecular formula is C20H16ClNO4. The average molecular weight is 370 g/mol. The van der Waals surface area contributed by atoms with Gasteiger partial charge in [-0.15, -0.1) is 0 Å². The molecule has 6 heteroatoms. The van der Waals surface area contributed by atoms with E-state index in [2.05, 4.69) is 4.99 Å². The van der Waals surface area contributed by atoms with Gasteiger partial charge in [-0.25, -0.2) is 9.79 Å². The Bertz CT molecular complexity index is 894. The van der Waals surface area contributed by atoms with Crippen molar-refractivity contribution in [3.05, 3.63) is 76.5 Å². The first-order chi connectivity index (χ1) is 12.6. The van der Waals surface area contributed by atoms with Gasteiger partial charge in [0.15, 0.2) is 5.70 Å². The molecule has 26 heavy (non-hydrogen) atoms. The van der Waals surface area contributed by atoms with Crippen LogP contribution in [0.2, 0.25) is 0 Å². The molecule has 1 heterocycles. The van der Waals surface area contributed by atoms with Crippen molar-refractivity contribution in [2.75, 3.05) is 14.2 Å². The lowest BCUT2D eigenvalue weighted by Gasteiger charge is -2.07. The van der Waals surface area contributed by atoms with Crippen LogP contribution in [0.1, 0.15) is 11.1 Å². The number of carbonyl (C=O) groups excluding carboxylic acids is 1. The third kappa shape index (κ3) is 4.13. The Kier molecular flexibility index (Phi) is 5.39. The fraction of sp³-hybridized carbons (Fsp3) is 0.100. The van der Waals surface area contributed by atoms with Crippen LogP contribution in [0.5, 0.6) is 11.5 Å². The maximum absolute atomic E-state index is 12.1. The summed E-state index contributed by atoms with van der Waals surface area (Å²) in [5.41, 5.74) is 1.61. The number of esters is 1. The van der Waals surface area contributed by atoms with E-state index >= 15 is 0 Å². The van der Waals surface area contributed by atoms with Gasteiger partial charge in [0.2, 0.25) is 5.90 Å². The minimum atomic E-state index is -0.568. The standard InChI is InChI=1S/C20H16ClNO4/c1-24-16-9-14(10-17(12-16)25-2)19-22-18(20(23)26-19)11-15(21)8-13-6-4-3-5-7-13/h3-12H,1-2H3/b15-8-,18-11-. The number of halogens is 1. The van der Waals surface area contributed by atoms with Gasteiger partial charge in [0.05, 0.1) is 14.2 Å². The Morgan fingerprint density at radius 1 is 1.08 bits per heavy atom. The highest BCUT2D eigenvalue weighted by molar-refractivity contribution is 6.33. The Balaban J connectivity index is 1.91. The maximum Gasteiger partial charge on any atom is 0.363 e. The summed E-state index contributed by atoms with van der Waals surface area (Å²) in [7, 11) is 3.08. The predicted octanol–water partition coefficient (Wildman–Crippen LogP) is 4.17. The second kappa shape index (κ2) is 7.89. The highest BCUT2D eigenvalue weighted by Gasteiger charge is 2.25. The molecule has 0 saturated heterocycles. The normalized spacial score (nSPS) is 15.7. The van der Waals surface area contributed by atoms with Crippen molar-refractivity contribution >= 4 is 29.5 Å². The number of ether oxygens (including phenoxy) is 3. The van der Waals surface area contributed by atoms with Crippen molar-refractivity contribution in [3.8, 4) is 11.5 Å². The molecule has 2 aromatic carbocycles. The molecule has 0 unspecified atom stereocenters. The monoisotopic (exact) mass is 369 g/mol. The molecule has 0 saturated carbocycles. The second-order valence-corrected chi connectivity index (χ2v) is 5.81. The van der Waals surface area contributed by atoms with Crippen LogP contribution in [0.25, 0.3) is 6.08 Å². The van der Waals surface area contributed by atoms with E-state index in [4.69, 9.17) is 25.8 Å². The number of aliphatic imine (C=N–C) groups is 1. The first-order valence-corrected chi connectivity index (χ1v) is 8.15. The molecule has 0 N–H and O–H groups in total. The lowest BCUT2D eigenvalue weighted by atomic mass is 10.2. The van der Waals surface area contributed by atoms with Gasteiger partial charge in [0, 0.05) is 16.7 Å². The van der Waals surface area contributed by atoms with Crippen molar-refractivity contribution < 1.29 is 19.0 Å². The number of carbonyl (C=O) groups is 1. The average Bonchev–Trinajstić information content (AvgIpc) is 3.02. The second-order valence-electron chi connectivity index (χ2n) is 5.38. The molecule has 3 rings (SSSR count). The molecule has 0 aromatic heterocycles. The van der Waals surface area contributed by atoms with Crippen LogP contribution < -0.4 is 9.47 Å². The Morgan fingerprint density at radius 2 is 1.73 bits per heavy atom. The molecule has 0 fully saturated rings. The molecule has 1 aliphatic rings. The van der Waals surface area contributed by atoms with Gasteiger partial charge < -0.3 is 14.2 Å². The van der Waals surface area contributed by atoms with E-state index in [1.807, 2.05) is 30.3 Å². The SMILES string of the molecule is COc1cc(OC)cc(C2=N/C(=C\C(Cl)=C\c3ccccc3)C(=O)O2)c1. The quantitative estimate of drug-likeness (QED) is 0.586. The van der Waals surface area contributed by atoms with Gasteiger partial charge in [0.1, 0.15) is 11.5 Å². The van der Waals surface area contributed by atoms with Crippen molar-refractivity contribution in [1.29, 1.82) is 0 Å². The van der Waals surface area contributed by atoms with Gasteiger partial charge in [0.25, 0.3) is 0 Å². The van der Waals surface area contributed by atoms with E-state index in [1.54, 1.807) is 38.5 Å². The highest BCUT2D eigenvalue weighted by atomic mass is 35.5. The van der Waals surface area contributed by atoms with E-state index < -0.39 is 5.97 Å². The number of methoxy groups -OCH3 is 2. The van der Waals surface area contributed by atoms with Gasteiger partial charge >= 0.3 is 5.97 Å². The molecular weight excluding hydrogens is 354 g/mol. The molecule has 132 valence electrons. The number of rotatable bonds is 5. The maximum atomic E-state index is 12.1. The molecule has 2 aromatic rings. The first-order valence-electron chi connectivity index (χ1n) is 7.77. The highest BCUT2D eigenvalue weighted by Crippen LogP contribution is 2.26.